The fourth-order valence-electron chi connectivity index (χ4n) is 11.4. The van der Waals surface area contributed by atoms with E-state index in [1.165, 1.54) is 32.8 Å². The molecular formula is C46H65FN6O5S. The van der Waals surface area contributed by atoms with E-state index in [0.717, 1.165) is 122 Å². The molecule has 322 valence electrons. The number of halogens is 1. The van der Waals surface area contributed by atoms with Gasteiger partial charge in [-0.25, -0.2) is 17.6 Å². The molecule has 2 amide bonds. The topological polar surface area (TPSA) is 106 Å². The number of hydrogen-bond acceptors (Lipinski definition) is 9. The molecule has 13 heteroatoms. The van der Waals surface area contributed by atoms with Gasteiger partial charge >= 0.3 is 6.09 Å². The third-order valence-electron chi connectivity index (χ3n) is 14.9. The summed E-state index contributed by atoms with van der Waals surface area (Å²) in [5, 5.41) is 2.63. The number of carbonyl (C=O) groups is 2. The molecule has 6 aliphatic rings. The molecular weight excluding hydrogens is 768 g/mol. The number of nitrogens with one attached hydrogen (secondary N) is 1. The summed E-state index contributed by atoms with van der Waals surface area (Å²) in [7, 11) is -2.11. The van der Waals surface area contributed by atoms with Crippen molar-refractivity contribution in [3.05, 3.63) is 72.1 Å². The number of alkyl carbamates (subject to hydrolysis) is 1. The number of hydrogen-bond donors (Lipinski definition) is 1. The van der Waals surface area contributed by atoms with E-state index in [1.807, 2.05) is 24.3 Å². The SMILES string of the molecule is COC(=O)N[C@H]1CCC[C@@H]1[C@](CN1CCC1)(c1cccc(F)c1)C1CCN(C2CCN(c3ccc(S(=O)(=O)C4CN(C(=O)/C=C/CN5CCCCC5)C4)cc3)CC2)CC1. The van der Waals surface area contributed by atoms with Crippen molar-refractivity contribution in [1.29, 1.82) is 0 Å². The summed E-state index contributed by atoms with van der Waals surface area (Å²) in [6.07, 6.45) is 15.1. The van der Waals surface area contributed by atoms with Crippen LogP contribution in [0.25, 0.3) is 0 Å². The second kappa shape index (κ2) is 18.6. The highest BCUT2D eigenvalue weighted by Gasteiger charge is 2.53. The molecule has 2 aromatic rings. The lowest BCUT2D eigenvalue weighted by atomic mass is 9.57. The van der Waals surface area contributed by atoms with Crippen LogP contribution in [0.5, 0.6) is 0 Å². The van der Waals surface area contributed by atoms with Crippen LogP contribution in [0.1, 0.15) is 76.2 Å². The minimum Gasteiger partial charge on any atom is -0.453 e. The van der Waals surface area contributed by atoms with Crippen LogP contribution >= 0.6 is 0 Å². The summed E-state index contributed by atoms with van der Waals surface area (Å²) in [5.41, 5.74) is 1.84. The zero-order valence-corrected chi connectivity index (χ0v) is 35.8. The second-order valence-electron chi connectivity index (χ2n) is 18.2. The van der Waals surface area contributed by atoms with Crippen LogP contribution in [0.4, 0.5) is 14.9 Å². The predicted octanol–water partition coefficient (Wildman–Crippen LogP) is 5.70. The second-order valence-corrected chi connectivity index (χ2v) is 20.4. The van der Waals surface area contributed by atoms with Gasteiger partial charge in [0.1, 0.15) is 11.1 Å². The first-order valence-corrected chi connectivity index (χ1v) is 24.0. The number of methoxy groups -OCH3 is 1. The molecule has 1 N–H and O–H groups in total. The van der Waals surface area contributed by atoms with Crippen molar-refractivity contribution in [1.82, 2.24) is 24.9 Å². The van der Waals surface area contributed by atoms with Crippen LogP contribution in [-0.4, -0.2) is 143 Å². The summed E-state index contributed by atoms with van der Waals surface area (Å²) in [6, 6.07) is 15.2. The van der Waals surface area contributed by atoms with Crippen molar-refractivity contribution in [2.45, 2.75) is 98.3 Å². The maximum atomic E-state index is 15.1. The molecule has 59 heavy (non-hydrogen) atoms. The minimum atomic E-state index is -3.53. The van der Waals surface area contributed by atoms with Gasteiger partial charge in [0.2, 0.25) is 5.91 Å². The molecule has 11 nitrogen and oxygen atoms in total. The molecule has 0 aromatic heterocycles. The van der Waals surface area contributed by atoms with Crippen molar-refractivity contribution in [3.63, 3.8) is 0 Å². The summed E-state index contributed by atoms with van der Waals surface area (Å²) in [4.78, 5) is 37.1. The van der Waals surface area contributed by atoms with E-state index in [4.69, 9.17) is 4.74 Å². The molecule has 1 saturated carbocycles. The van der Waals surface area contributed by atoms with Crippen LogP contribution in [0.15, 0.2) is 65.6 Å². The van der Waals surface area contributed by atoms with Gasteiger partial charge in [-0.3, -0.25) is 9.69 Å². The molecule has 0 radical (unpaired) electrons. The highest BCUT2D eigenvalue weighted by atomic mass is 32.2. The van der Waals surface area contributed by atoms with Crippen LogP contribution < -0.4 is 10.2 Å². The van der Waals surface area contributed by atoms with E-state index >= 15 is 4.39 Å². The van der Waals surface area contributed by atoms with Crippen molar-refractivity contribution in [3.8, 4) is 0 Å². The number of amides is 2. The van der Waals surface area contributed by atoms with Crippen molar-refractivity contribution < 1.29 is 27.1 Å². The molecule has 6 fully saturated rings. The number of ether oxygens (including phenoxy) is 1. The van der Waals surface area contributed by atoms with E-state index in [0.29, 0.717) is 16.9 Å². The predicted molar refractivity (Wildman–Crippen MR) is 229 cm³/mol. The van der Waals surface area contributed by atoms with Gasteiger partial charge in [0.25, 0.3) is 0 Å². The zero-order chi connectivity index (χ0) is 41.0. The maximum absolute atomic E-state index is 15.1. The van der Waals surface area contributed by atoms with Crippen molar-refractivity contribution in [2.24, 2.45) is 11.8 Å². The molecule has 5 aliphatic heterocycles. The highest BCUT2D eigenvalue weighted by molar-refractivity contribution is 7.92. The number of carbonyl (C=O) groups excluding carboxylic acids is 2. The number of rotatable bonds is 13. The third-order valence-corrected chi connectivity index (χ3v) is 17.0. The molecule has 5 heterocycles. The molecule has 5 saturated heterocycles. The van der Waals surface area contributed by atoms with Gasteiger partial charge in [-0.15, -0.1) is 0 Å². The van der Waals surface area contributed by atoms with Crippen molar-refractivity contribution >= 4 is 27.5 Å². The number of benzene rings is 2. The standard InChI is InChI=1S/C46H65FN6O5S/c1-58-45(55)48-43-12-6-11-42(43)46(34-50-25-8-26-50,36-9-5-10-37(47)31-36)35-18-27-51(28-19-35)39-20-29-52(30-21-39)38-14-16-40(17-15-38)59(56,57)41-32-53(33-41)44(54)13-7-24-49-22-3-2-4-23-49/h5,7,9-10,13-17,31,35,39,41-43H,2-4,6,8,11-12,18-30,32-34H2,1H3,(H,48,55)/b13-7+/t42-,43-,46-/m0/s1. The number of piperidine rings is 3. The Labute approximate surface area is 351 Å². The molecule has 3 atom stereocenters. The summed E-state index contributed by atoms with van der Waals surface area (Å²) in [5.74, 6) is 0.244. The van der Waals surface area contributed by atoms with Crippen LogP contribution in [-0.2, 0) is 24.8 Å². The zero-order valence-electron chi connectivity index (χ0n) is 35.0. The average molecular weight is 833 g/mol. The molecule has 1 aliphatic carbocycles. The van der Waals surface area contributed by atoms with Crippen LogP contribution in [0, 0.1) is 17.7 Å². The fourth-order valence-corrected chi connectivity index (χ4v) is 13.1. The molecule has 0 spiro atoms. The summed E-state index contributed by atoms with van der Waals surface area (Å²) < 4.78 is 47.1. The molecule has 2 aromatic carbocycles. The van der Waals surface area contributed by atoms with Crippen LogP contribution in [0.2, 0.25) is 0 Å². The van der Waals surface area contributed by atoms with Gasteiger partial charge in [0, 0.05) is 68.5 Å². The summed E-state index contributed by atoms with van der Waals surface area (Å²) >= 11 is 0. The normalized spacial score (nSPS) is 25.7. The first kappa shape index (κ1) is 42.2. The Kier molecular flexibility index (Phi) is 13.3. The lowest BCUT2D eigenvalue weighted by Gasteiger charge is -2.54. The molecule has 0 bridgehead atoms. The highest BCUT2D eigenvalue weighted by Crippen LogP contribution is 2.52. The Morgan fingerprint density at radius 2 is 1.54 bits per heavy atom. The van der Waals surface area contributed by atoms with E-state index < -0.39 is 15.1 Å². The Bertz CT molecular complexity index is 1880. The van der Waals surface area contributed by atoms with Crippen molar-refractivity contribution in [2.75, 3.05) is 90.5 Å². The number of nitrogens with zero attached hydrogens (tertiary/aromatic N) is 5. The van der Waals surface area contributed by atoms with Gasteiger partial charge in [0.05, 0.1) is 12.0 Å². The fraction of sp³-hybridized carbons (Fsp3) is 0.652. The Morgan fingerprint density at radius 1 is 0.831 bits per heavy atom. The average Bonchev–Trinajstić information content (AvgIpc) is 3.69. The summed E-state index contributed by atoms with van der Waals surface area (Å²) in [6.45, 7) is 10.2. The van der Waals surface area contributed by atoms with Gasteiger partial charge in [-0.2, -0.15) is 0 Å². The third kappa shape index (κ3) is 9.23. The minimum absolute atomic E-state index is 0.00982. The molecule has 8 rings (SSSR count). The molecule has 0 unspecified atom stereocenters. The first-order valence-electron chi connectivity index (χ1n) is 22.5. The van der Waals surface area contributed by atoms with E-state index in [9.17, 15) is 18.0 Å². The lowest BCUT2D eigenvalue weighted by molar-refractivity contribution is -0.129. The maximum Gasteiger partial charge on any atom is 0.407 e. The number of likely N-dealkylation sites (tertiary alicyclic amines) is 4. The first-order chi connectivity index (χ1) is 28.6. The number of anilines is 1. The van der Waals surface area contributed by atoms with E-state index in [2.05, 4.69) is 31.0 Å². The number of sulfone groups is 1. The quantitative estimate of drug-likeness (QED) is 0.255. The van der Waals surface area contributed by atoms with Crippen LogP contribution in [0.3, 0.4) is 0 Å². The Balaban J connectivity index is 0.858. The van der Waals surface area contributed by atoms with Gasteiger partial charge in [0.15, 0.2) is 9.84 Å². The Hall–Kier alpha value is -3.52. The smallest absolute Gasteiger partial charge is 0.407 e. The van der Waals surface area contributed by atoms with Gasteiger partial charge in [-0.05, 0) is 151 Å². The Morgan fingerprint density at radius 3 is 2.20 bits per heavy atom. The van der Waals surface area contributed by atoms with Gasteiger partial charge < -0.3 is 29.7 Å². The lowest BCUT2D eigenvalue weighted by Crippen LogP contribution is -2.60. The van der Waals surface area contributed by atoms with E-state index in [-0.39, 0.29) is 48.3 Å². The largest absolute Gasteiger partial charge is 0.453 e. The monoisotopic (exact) mass is 832 g/mol. The van der Waals surface area contributed by atoms with E-state index in [1.54, 1.807) is 35.2 Å². The van der Waals surface area contributed by atoms with Gasteiger partial charge in [-0.1, -0.05) is 31.1 Å².